The lowest BCUT2D eigenvalue weighted by Gasteiger charge is -2.63. The number of rotatable bonds is 10. The molecule has 4 aliphatic carbocycles. The first kappa shape index (κ1) is 40.0. The molecular formula is C41H64O11. The molecule has 0 aromatic rings. The molecule has 5 fully saturated rings. The molecule has 3 saturated carbocycles. The average Bonchev–Trinajstić information content (AvgIpc) is 3.38. The van der Waals surface area contributed by atoms with E-state index in [2.05, 4.69) is 13.0 Å². The second-order valence-electron chi connectivity index (χ2n) is 17.4. The van der Waals surface area contributed by atoms with Crippen molar-refractivity contribution in [1.82, 2.24) is 0 Å². The Morgan fingerprint density at radius 3 is 2.27 bits per heavy atom. The number of aliphatic hydroxyl groups is 2. The van der Waals surface area contributed by atoms with E-state index < -0.39 is 41.9 Å². The zero-order valence-electron chi connectivity index (χ0n) is 32.8. The fraction of sp³-hybridized carbons (Fsp3) is 0.854. The third-order valence-electron chi connectivity index (χ3n) is 14.3. The average molecular weight is 733 g/mol. The number of hydrogen-bond donors (Lipinski definition) is 2. The third-order valence-corrected chi connectivity index (χ3v) is 14.3. The SMILES string of the molecule is CO[C@H]1C[C@H](O[C@H]2CC[C@@]3(C)C(=CC[C@@H]4[C@@H]3C[C@@H](OC(=O)CC=C(C)C)[C@]3(C)[C@@H](C(C)=O)CC[C@@]43O)C2)O[C@H](C)[C@H]1O[C@H]1C[C@@H](OC)[C@H](O)[C@@H](C)O1. The van der Waals surface area contributed by atoms with E-state index in [4.69, 9.17) is 33.2 Å². The van der Waals surface area contributed by atoms with E-state index in [-0.39, 0.29) is 71.9 Å². The molecule has 0 amide bonds. The van der Waals surface area contributed by atoms with Gasteiger partial charge in [-0.2, -0.15) is 0 Å². The molecule has 6 rings (SSSR count). The van der Waals surface area contributed by atoms with Gasteiger partial charge in [0.25, 0.3) is 0 Å². The number of aliphatic hydroxyl groups excluding tert-OH is 1. The van der Waals surface area contributed by atoms with E-state index in [1.165, 1.54) is 5.57 Å². The molecule has 294 valence electrons. The minimum atomic E-state index is -1.11. The van der Waals surface area contributed by atoms with Gasteiger partial charge in [0.15, 0.2) is 12.6 Å². The van der Waals surface area contributed by atoms with Crippen LogP contribution in [0.25, 0.3) is 0 Å². The molecule has 52 heavy (non-hydrogen) atoms. The van der Waals surface area contributed by atoms with Crippen molar-refractivity contribution in [2.75, 3.05) is 14.2 Å². The maximum atomic E-state index is 13.2. The van der Waals surface area contributed by atoms with Crippen LogP contribution in [0.15, 0.2) is 23.3 Å². The highest BCUT2D eigenvalue weighted by atomic mass is 16.7. The summed E-state index contributed by atoms with van der Waals surface area (Å²) in [5, 5.41) is 23.1. The molecule has 2 heterocycles. The van der Waals surface area contributed by atoms with Gasteiger partial charge in [0, 0.05) is 38.4 Å². The third kappa shape index (κ3) is 7.11. The lowest BCUT2D eigenvalue weighted by Crippen LogP contribution is -2.66. The van der Waals surface area contributed by atoms with Crippen molar-refractivity contribution in [2.24, 2.45) is 28.6 Å². The van der Waals surface area contributed by atoms with Gasteiger partial charge in [-0.1, -0.05) is 37.1 Å². The minimum Gasteiger partial charge on any atom is -0.461 e. The summed E-state index contributed by atoms with van der Waals surface area (Å²) in [6.07, 6.45) is 6.13. The number of esters is 1. The number of methoxy groups -OCH3 is 2. The monoisotopic (exact) mass is 732 g/mol. The minimum absolute atomic E-state index is 0.0266. The number of ether oxygens (including phenoxy) is 7. The lowest BCUT2D eigenvalue weighted by molar-refractivity contribution is -0.319. The summed E-state index contributed by atoms with van der Waals surface area (Å²) in [6, 6.07) is 0. The number of carbonyl (C=O) groups excluding carboxylic acids is 2. The van der Waals surface area contributed by atoms with E-state index in [0.717, 1.165) is 31.3 Å². The highest BCUT2D eigenvalue weighted by Crippen LogP contribution is 2.68. The first-order valence-electron chi connectivity index (χ1n) is 19.7. The molecule has 0 aromatic heterocycles. The summed E-state index contributed by atoms with van der Waals surface area (Å²) in [5.74, 6) is -0.527. The standard InChI is InChI=1S/C41H64O11/c1-22(2)10-13-34(43)51-33-19-30-29(41(45)17-15-28(23(3)42)40(33,41)7)12-11-26-18-27(14-16-39(26,30)6)50-35-21-32(47-9)38(25(5)49-35)52-36-20-31(46-8)37(44)24(4)48-36/h10-11,24-25,27-33,35-38,44-45H,12-21H2,1-9H3/t24-,25-,27+,28-,29-,30+,31-,32+,33-,35+,36+,37-,38-,39+,40+,41-/m1/s1. The molecule has 0 spiro atoms. The fourth-order valence-electron chi connectivity index (χ4n) is 11.2. The topological polar surface area (TPSA) is 139 Å². The predicted molar refractivity (Wildman–Crippen MR) is 192 cm³/mol. The summed E-state index contributed by atoms with van der Waals surface area (Å²) >= 11 is 0. The summed E-state index contributed by atoms with van der Waals surface area (Å²) in [6.45, 7) is 13.6. The number of fused-ring (bicyclic) bond motifs is 5. The van der Waals surface area contributed by atoms with Crippen LogP contribution in [0.2, 0.25) is 0 Å². The van der Waals surface area contributed by atoms with Crippen LogP contribution >= 0.6 is 0 Å². The molecule has 11 heteroatoms. The van der Waals surface area contributed by atoms with E-state index in [1.807, 2.05) is 40.7 Å². The van der Waals surface area contributed by atoms with Crippen LogP contribution < -0.4 is 0 Å². The van der Waals surface area contributed by atoms with Crippen molar-refractivity contribution < 1.29 is 53.0 Å². The van der Waals surface area contributed by atoms with Gasteiger partial charge in [-0.3, -0.25) is 9.59 Å². The number of ketones is 1. The first-order valence-corrected chi connectivity index (χ1v) is 19.7. The van der Waals surface area contributed by atoms with Gasteiger partial charge in [0.1, 0.15) is 24.1 Å². The molecule has 16 atom stereocenters. The Bertz CT molecular complexity index is 1380. The van der Waals surface area contributed by atoms with Crippen LogP contribution in [0, 0.1) is 28.6 Å². The number of Topliss-reactive ketones (excluding diaryl/α,β-unsaturated/α-hetero) is 1. The molecule has 0 unspecified atom stereocenters. The number of carbonyl (C=O) groups is 2. The van der Waals surface area contributed by atoms with Crippen molar-refractivity contribution in [3.63, 3.8) is 0 Å². The van der Waals surface area contributed by atoms with Crippen molar-refractivity contribution >= 4 is 11.8 Å². The molecule has 0 bridgehead atoms. The Kier molecular flexibility index (Phi) is 11.9. The summed E-state index contributed by atoms with van der Waals surface area (Å²) in [5.41, 5.74) is 0.226. The summed E-state index contributed by atoms with van der Waals surface area (Å²) < 4.78 is 43.2. The van der Waals surface area contributed by atoms with E-state index in [9.17, 15) is 19.8 Å². The second-order valence-corrected chi connectivity index (χ2v) is 17.4. The molecule has 0 aromatic carbocycles. The van der Waals surface area contributed by atoms with Gasteiger partial charge < -0.3 is 43.4 Å². The molecule has 2 saturated heterocycles. The van der Waals surface area contributed by atoms with Crippen LogP contribution in [0.1, 0.15) is 113 Å². The Labute approximate surface area is 310 Å². The Morgan fingerprint density at radius 2 is 1.60 bits per heavy atom. The molecule has 6 aliphatic rings. The van der Waals surface area contributed by atoms with Crippen LogP contribution in [0.4, 0.5) is 0 Å². The van der Waals surface area contributed by atoms with E-state index in [0.29, 0.717) is 32.1 Å². The van der Waals surface area contributed by atoms with Crippen molar-refractivity contribution in [3.8, 4) is 0 Å². The van der Waals surface area contributed by atoms with Gasteiger partial charge in [0.05, 0.1) is 42.5 Å². The quantitative estimate of drug-likeness (QED) is 0.215. The van der Waals surface area contributed by atoms with Gasteiger partial charge in [-0.15, -0.1) is 0 Å². The molecule has 2 N–H and O–H groups in total. The van der Waals surface area contributed by atoms with Crippen molar-refractivity contribution in [3.05, 3.63) is 23.3 Å². The molecule has 0 radical (unpaired) electrons. The Balaban J connectivity index is 1.14. The smallest absolute Gasteiger partial charge is 0.309 e. The molecular weight excluding hydrogens is 668 g/mol. The van der Waals surface area contributed by atoms with Crippen LogP contribution in [0.5, 0.6) is 0 Å². The van der Waals surface area contributed by atoms with Crippen LogP contribution in [-0.4, -0.2) is 103 Å². The highest BCUT2D eigenvalue weighted by Gasteiger charge is 2.71. The zero-order valence-corrected chi connectivity index (χ0v) is 32.8. The van der Waals surface area contributed by atoms with Crippen molar-refractivity contribution in [1.29, 1.82) is 0 Å². The number of hydrogen-bond acceptors (Lipinski definition) is 11. The maximum absolute atomic E-state index is 13.2. The lowest BCUT2D eigenvalue weighted by atomic mass is 9.45. The van der Waals surface area contributed by atoms with E-state index in [1.54, 1.807) is 21.1 Å². The van der Waals surface area contributed by atoms with E-state index >= 15 is 0 Å². The van der Waals surface area contributed by atoms with Gasteiger partial charge in [-0.25, -0.2) is 0 Å². The molecule has 2 aliphatic heterocycles. The predicted octanol–water partition coefficient (Wildman–Crippen LogP) is 5.58. The largest absolute Gasteiger partial charge is 0.461 e. The van der Waals surface area contributed by atoms with Crippen molar-refractivity contribution in [2.45, 2.75) is 180 Å². The van der Waals surface area contributed by atoms with Gasteiger partial charge in [0.2, 0.25) is 0 Å². The number of allylic oxidation sites excluding steroid dienone is 2. The maximum Gasteiger partial charge on any atom is 0.309 e. The molecule has 11 nitrogen and oxygen atoms in total. The normalized spacial score (nSPS) is 47.4. The van der Waals surface area contributed by atoms with Crippen LogP contribution in [-0.2, 0) is 42.7 Å². The zero-order chi connectivity index (χ0) is 37.7. The fourth-order valence-corrected chi connectivity index (χ4v) is 11.2. The second kappa shape index (κ2) is 15.4. The Hall–Kier alpha value is -1.70. The first-order chi connectivity index (χ1) is 24.5. The summed E-state index contributed by atoms with van der Waals surface area (Å²) in [4.78, 5) is 26.2. The van der Waals surface area contributed by atoms with Crippen LogP contribution in [0.3, 0.4) is 0 Å². The highest BCUT2D eigenvalue weighted by molar-refractivity contribution is 5.80. The van der Waals surface area contributed by atoms with Gasteiger partial charge in [-0.05, 0) is 96.8 Å². The Morgan fingerprint density at radius 1 is 0.923 bits per heavy atom. The van der Waals surface area contributed by atoms with Gasteiger partial charge >= 0.3 is 5.97 Å². The summed E-state index contributed by atoms with van der Waals surface area (Å²) in [7, 11) is 3.26.